The number of sulfonamides is 1. The first-order valence-corrected chi connectivity index (χ1v) is 7.07. The Morgan fingerprint density at radius 2 is 1.73 bits per heavy atom. The average molecular weight is 236 g/mol. The average Bonchev–Trinajstić information content (AvgIpc) is 2.10. The van der Waals surface area contributed by atoms with E-state index in [1.54, 1.807) is 7.05 Å². The minimum absolute atomic E-state index is 0.0352. The van der Waals surface area contributed by atoms with Crippen LogP contribution in [0.2, 0.25) is 0 Å². The third-order valence-corrected chi connectivity index (χ3v) is 4.40. The molecule has 0 amide bonds. The van der Waals surface area contributed by atoms with E-state index in [-0.39, 0.29) is 11.8 Å². The van der Waals surface area contributed by atoms with Crippen molar-refractivity contribution in [3.63, 3.8) is 0 Å². The van der Waals surface area contributed by atoms with E-state index in [1.165, 1.54) is 4.31 Å². The largest absolute Gasteiger partial charge is 0.314 e. The molecule has 92 valence electrons. The van der Waals surface area contributed by atoms with Crippen LogP contribution in [-0.2, 0) is 10.0 Å². The second-order valence-electron chi connectivity index (χ2n) is 4.39. The Balaban J connectivity index is 3.95. The Hall–Kier alpha value is -0.130. The molecule has 0 bridgehead atoms. The van der Waals surface area contributed by atoms with Crippen molar-refractivity contribution in [3.8, 4) is 0 Å². The highest BCUT2D eigenvalue weighted by Crippen LogP contribution is 2.04. The van der Waals surface area contributed by atoms with Crippen molar-refractivity contribution >= 4 is 10.0 Å². The predicted octanol–water partition coefficient (Wildman–Crippen LogP) is 1.04. The fraction of sp³-hybridized carbons (Fsp3) is 1.00. The van der Waals surface area contributed by atoms with Crippen molar-refractivity contribution in [3.05, 3.63) is 0 Å². The molecule has 0 atom stereocenters. The minimum atomic E-state index is -3.06. The maximum atomic E-state index is 11.7. The zero-order valence-electron chi connectivity index (χ0n) is 10.4. The third-order valence-electron chi connectivity index (χ3n) is 2.30. The summed E-state index contributed by atoms with van der Waals surface area (Å²) in [5.41, 5.74) is 0. The highest BCUT2D eigenvalue weighted by Gasteiger charge is 2.19. The maximum Gasteiger partial charge on any atom is 0.214 e. The molecule has 0 aromatic heterocycles. The highest BCUT2D eigenvalue weighted by atomic mass is 32.2. The first kappa shape index (κ1) is 14.9. The second-order valence-corrected chi connectivity index (χ2v) is 6.54. The van der Waals surface area contributed by atoms with Gasteiger partial charge in [0.1, 0.15) is 0 Å². The van der Waals surface area contributed by atoms with Crippen LogP contribution >= 0.6 is 0 Å². The normalized spacial score (nSPS) is 13.1. The molecule has 0 fully saturated rings. The van der Waals surface area contributed by atoms with Crippen molar-refractivity contribution in [1.29, 1.82) is 0 Å². The summed E-state index contributed by atoms with van der Waals surface area (Å²) in [4.78, 5) is 0. The first-order chi connectivity index (χ1) is 6.77. The smallest absolute Gasteiger partial charge is 0.214 e. The van der Waals surface area contributed by atoms with Crippen LogP contribution in [0.5, 0.6) is 0 Å². The lowest BCUT2D eigenvalue weighted by molar-refractivity contribution is 0.409. The summed E-state index contributed by atoms with van der Waals surface area (Å²) in [7, 11) is -1.43. The van der Waals surface area contributed by atoms with E-state index in [0.717, 1.165) is 6.54 Å². The van der Waals surface area contributed by atoms with Crippen LogP contribution in [0.1, 0.15) is 34.1 Å². The summed E-state index contributed by atoms with van der Waals surface area (Å²) in [6.45, 7) is 8.61. The van der Waals surface area contributed by atoms with E-state index in [2.05, 4.69) is 19.2 Å². The third kappa shape index (κ3) is 6.12. The lowest BCUT2D eigenvalue weighted by atomic mass is 10.4. The van der Waals surface area contributed by atoms with E-state index in [0.29, 0.717) is 12.5 Å². The van der Waals surface area contributed by atoms with Crippen LogP contribution in [0.4, 0.5) is 0 Å². The van der Waals surface area contributed by atoms with Gasteiger partial charge in [0, 0.05) is 19.1 Å². The lowest BCUT2D eigenvalue weighted by Gasteiger charge is -2.21. The molecule has 0 aliphatic carbocycles. The Labute approximate surface area is 94.1 Å². The Morgan fingerprint density at radius 1 is 1.20 bits per heavy atom. The summed E-state index contributed by atoms with van der Waals surface area (Å²) in [5, 5.41) is 3.20. The standard InChI is InChI=1S/C10H24N2O2S/c1-9(2)11-7-6-8-15(13,14)12(5)10(3)4/h9-11H,6-8H2,1-5H3. The van der Waals surface area contributed by atoms with Crippen molar-refractivity contribution in [2.24, 2.45) is 0 Å². The number of rotatable bonds is 7. The molecule has 15 heavy (non-hydrogen) atoms. The van der Waals surface area contributed by atoms with Gasteiger partial charge in [-0.1, -0.05) is 13.8 Å². The van der Waals surface area contributed by atoms with Gasteiger partial charge in [0.2, 0.25) is 10.0 Å². The van der Waals surface area contributed by atoms with Crippen molar-refractivity contribution in [2.45, 2.75) is 46.2 Å². The molecule has 0 rings (SSSR count). The van der Waals surface area contributed by atoms with Gasteiger partial charge in [0.05, 0.1) is 5.75 Å². The summed E-state index contributed by atoms with van der Waals surface area (Å²) in [6, 6.07) is 0.448. The maximum absolute atomic E-state index is 11.7. The quantitative estimate of drug-likeness (QED) is 0.672. The van der Waals surface area contributed by atoms with Crippen LogP contribution in [0.15, 0.2) is 0 Å². The number of nitrogens with zero attached hydrogens (tertiary/aromatic N) is 1. The molecule has 0 aromatic carbocycles. The molecule has 0 saturated heterocycles. The van der Waals surface area contributed by atoms with Gasteiger partial charge in [-0.3, -0.25) is 0 Å². The molecule has 0 heterocycles. The van der Waals surface area contributed by atoms with Crippen LogP contribution in [0.25, 0.3) is 0 Å². The van der Waals surface area contributed by atoms with Gasteiger partial charge in [0.25, 0.3) is 0 Å². The molecule has 0 radical (unpaired) electrons. The second kappa shape index (κ2) is 6.45. The van der Waals surface area contributed by atoms with Gasteiger partial charge in [-0.15, -0.1) is 0 Å². The molecular formula is C10H24N2O2S. The fourth-order valence-electron chi connectivity index (χ4n) is 1.11. The molecule has 4 nitrogen and oxygen atoms in total. The van der Waals surface area contributed by atoms with Gasteiger partial charge in [0.15, 0.2) is 0 Å². The van der Waals surface area contributed by atoms with Crippen molar-refractivity contribution in [2.75, 3.05) is 19.3 Å². The Morgan fingerprint density at radius 3 is 2.13 bits per heavy atom. The molecule has 1 N–H and O–H groups in total. The molecule has 0 aliphatic heterocycles. The lowest BCUT2D eigenvalue weighted by Crippen LogP contribution is -2.36. The number of hydrogen-bond donors (Lipinski definition) is 1. The molecular weight excluding hydrogens is 212 g/mol. The van der Waals surface area contributed by atoms with E-state index in [4.69, 9.17) is 0 Å². The van der Waals surface area contributed by atoms with Crippen molar-refractivity contribution in [1.82, 2.24) is 9.62 Å². The molecule has 0 unspecified atom stereocenters. The zero-order chi connectivity index (χ0) is 12.1. The van der Waals surface area contributed by atoms with Gasteiger partial charge in [-0.2, -0.15) is 0 Å². The topological polar surface area (TPSA) is 49.4 Å². The first-order valence-electron chi connectivity index (χ1n) is 5.46. The summed E-state index contributed by atoms with van der Waals surface area (Å²) in [6.07, 6.45) is 0.664. The monoisotopic (exact) mass is 236 g/mol. The SMILES string of the molecule is CC(C)NCCCS(=O)(=O)N(C)C(C)C. The molecule has 0 spiro atoms. The predicted molar refractivity (Wildman–Crippen MR) is 64.4 cm³/mol. The van der Waals surface area contributed by atoms with E-state index < -0.39 is 10.0 Å². The van der Waals surface area contributed by atoms with E-state index in [1.807, 2.05) is 13.8 Å². The molecule has 5 heteroatoms. The Bertz CT molecular complexity index is 261. The van der Waals surface area contributed by atoms with E-state index >= 15 is 0 Å². The summed E-state index contributed by atoms with van der Waals surface area (Å²) in [5.74, 6) is 0.224. The highest BCUT2D eigenvalue weighted by molar-refractivity contribution is 7.89. The van der Waals surface area contributed by atoms with Crippen LogP contribution in [-0.4, -0.2) is 44.2 Å². The van der Waals surface area contributed by atoms with Crippen LogP contribution < -0.4 is 5.32 Å². The van der Waals surface area contributed by atoms with Gasteiger partial charge < -0.3 is 5.32 Å². The molecule has 0 aliphatic rings. The van der Waals surface area contributed by atoms with Gasteiger partial charge in [-0.25, -0.2) is 12.7 Å². The summed E-state index contributed by atoms with van der Waals surface area (Å²) >= 11 is 0. The van der Waals surface area contributed by atoms with Crippen LogP contribution in [0.3, 0.4) is 0 Å². The van der Waals surface area contributed by atoms with Crippen LogP contribution in [0, 0.1) is 0 Å². The Kier molecular flexibility index (Phi) is 6.40. The van der Waals surface area contributed by atoms with Crippen molar-refractivity contribution < 1.29 is 8.42 Å². The van der Waals surface area contributed by atoms with Gasteiger partial charge in [-0.05, 0) is 26.8 Å². The minimum Gasteiger partial charge on any atom is -0.314 e. The number of nitrogens with one attached hydrogen (secondary N) is 1. The zero-order valence-corrected chi connectivity index (χ0v) is 11.3. The van der Waals surface area contributed by atoms with E-state index in [9.17, 15) is 8.42 Å². The molecule has 0 aromatic rings. The number of hydrogen-bond acceptors (Lipinski definition) is 3. The van der Waals surface area contributed by atoms with Gasteiger partial charge >= 0.3 is 0 Å². The fourth-order valence-corrected chi connectivity index (χ4v) is 2.55. The summed E-state index contributed by atoms with van der Waals surface area (Å²) < 4.78 is 24.9. The molecule has 0 saturated carbocycles.